The van der Waals surface area contributed by atoms with Crippen molar-refractivity contribution >= 4 is 44.4 Å². The molecule has 2 aliphatic rings. The lowest BCUT2D eigenvalue weighted by atomic mass is 10.1. The van der Waals surface area contributed by atoms with Gasteiger partial charge in [-0.2, -0.15) is 13.2 Å². The largest absolute Gasteiger partial charge is 0.420 e. The van der Waals surface area contributed by atoms with Crippen LogP contribution in [0.3, 0.4) is 0 Å². The maximum absolute atomic E-state index is 14.0. The molecule has 5 rings (SSSR count). The van der Waals surface area contributed by atoms with Crippen LogP contribution in [0.5, 0.6) is 0 Å². The Morgan fingerprint density at radius 1 is 1.20 bits per heavy atom. The van der Waals surface area contributed by atoms with E-state index in [1.165, 1.54) is 11.9 Å². The van der Waals surface area contributed by atoms with Gasteiger partial charge in [-0.05, 0) is 56.8 Å². The number of thiophene rings is 1. The minimum absolute atomic E-state index is 0.000177. The molecule has 220 valence electrons. The van der Waals surface area contributed by atoms with Gasteiger partial charge in [-0.25, -0.2) is 18.4 Å². The fourth-order valence-corrected chi connectivity index (χ4v) is 8.09. The summed E-state index contributed by atoms with van der Waals surface area (Å²) in [4.78, 5) is 26.3. The van der Waals surface area contributed by atoms with Crippen LogP contribution in [0.1, 0.15) is 34.1 Å². The third-order valence-corrected chi connectivity index (χ3v) is 10.5. The van der Waals surface area contributed by atoms with Crippen molar-refractivity contribution in [2.75, 3.05) is 56.7 Å². The first-order valence-corrected chi connectivity index (χ1v) is 15.6. The fourth-order valence-electron chi connectivity index (χ4n) is 5.06. The molecule has 1 atom stereocenters. The van der Waals surface area contributed by atoms with Gasteiger partial charge in [-0.1, -0.05) is 6.92 Å². The molecule has 1 N–H and O–H groups in total. The SMILES string of the molecule is CCc1cc(N2CC[C@@H](N(C)C)C2)ccc1Nc1ncc(C(F)(F)F)c(-c2cc3c(s2)C(=O)N(C)CCS3(=O)=O)n1. The first-order valence-electron chi connectivity index (χ1n) is 13.2. The molecule has 0 saturated carbocycles. The number of hydrogen-bond acceptors (Lipinski definition) is 9. The quantitative estimate of drug-likeness (QED) is 0.436. The molecule has 0 bridgehead atoms. The number of carbonyl (C=O) groups is 1. The van der Waals surface area contributed by atoms with E-state index in [1.807, 2.05) is 19.1 Å². The van der Waals surface area contributed by atoms with Crippen molar-refractivity contribution in [3.05, 3.63) is 46.5 Å². The number of nitrogens with one attached hydrogen (secondary N) is 1. The highest BCUT2D eigenvalue weighted by Gasteiger charge is 2.38. The van der Waals surface area contributed by atoms with Crippen molar-refractivity contribution in [3.63, 3.8) is 0 Å². The van der Waals surface area contributed by atoms with Crippen molar-refractivity contribution < 1.29 is 26.4 Å². The number of nitrogens with zero attached hydrogens (tertiary/aromatic N) is 5. The monoisotopic (exact) mass is 608 g/mol. The number of fused-ring (bicyclic) bond motifs is 1. The molecule has 14 heteroatoms. The third kappa shape index (κ3) is 5.77. The van der Waals surface area contributed by atoms with Gasteiger partial charge in [0, 0.05) is 50.3 Å². The van der Waals surface area contributed by atoms with Gasteiger partial charge in [0.15, 0.2) is 9.84 Å². The second kappa shape index (κ2) is 10.9. The molecule has 0 spiro atoms. The van der Waals surface area contributed by atoms with E-state index in [0.717, 1.165) is 36.8 Å². The number of hydrogen-bond donors (Lipinski definition) is 1. The van der Waals surface area contributed by atoms with E-state index < -0.39 is 33.2 Å². The molecular formula is C27H31F3N6O3S2. The molecule has 1 aromatic carbocycles. The van der Waals surface area contributed by atoms with Gasteiger partial charge < -0.3 is 20.0 Å². The molecule has 4 heterocycles. The van der Waals surface area contributed by atoms with Crippen LogP contribution in [0.4, 0.5) is 30.5 Å². The minimum Gasteiger partial charge on any atom is -0.370 e. The zero-order valence-corrected chi connectivity index (χ0v) is 24.8. The van der Waals surface area contributed by atoms with Crippen LogP contribution in [0.2, 0.25) is 0 Å². The normalized spacial score (nSPS) is 19.0. The van der Waals surface area contributed by atoms with E-state index in [0.29, 0.717) is 35.7 Å². The highest BCUT2D eigenvalue weighted by molar-refractivity contribution is 7.91. The molecule has 0 radical (unpaired) electrons. The zero-order valence-electron chi connectivity index (χ0n) is 23.1. The van der Waals surface area contributed by atoms with Gasteiger partial charge >= 0.3 is 6.18 Å². The molecule has 1 saturated heterocycles. The van der Waals surface area contributed by atoms with Gasteiger partial charge in [-0.15, -0.1) is 11.3 Å². The number of carbonyl (C=O) groups excluding carboxylic acids is 1. The Kier molecular flexibility index (Phi) is 7.76. The van der Waals surface area contributed by atoms with Gasteiger partial charge in [0.2, 0.25) is 5.95 Å². The van der Waals surface area contributed by atoms with Crippen LogP contribution < -0.4 is 10.2 Å². The summed E-state index contributed by atoms with van der Waals surface area (Å²) in [6, 6.07) is 7.49. The number of benzene rings is 1. The van der Waals surface area contributed by atoms with E-state index >= 15 is 0 Å². The first kappa shape index (κ1) is 29.3. The molecule has 2 aliphatic heterocycles. The van der Waals surface area contributed by atoms with E-state index in [-0.39, 0.29) is 32.9 Å². The number of likely N-dealkylation sites (N-methyl/N-ethyl adjacent to an activating group) is 1. The standard InChI is InChI=1S/C27H31F3N6O3S2/c1-5-16-12-17(36-9-8-18(15-36)34(2)3)6-7-20(16)32-26-31-14-19(27(28,29)30)23(33-26)21-13-22-24(40-21)25(37)35(4)10-11-41(22,38)39/h6-7,12-14,18H,5,8-11,15H2,1-4H3,(H,31,32,33)/t18-/m1/s1. The number of aryl methyl sites for hydroxylation is 1. The second-order valence-corrected chi connectivity index (χ2v) is 13.6. The molecule has 41 heavy (non-hydrogen) atoms. The smallest absolute Gasteiger partial charge is 0.370 e. The van der Waals surface area contributed by atoms with Crippen molar-refractivity contribution in [2.45, 2.75) is 36.9 Å². The lowest BCUT2D eigenvalue weighted by Crippen LogP contribution is -2.31. The number of amides is 1. The molecule has 2 aromatic heterocycles. The minimum atomic E-state index is -4.80. The number of sulfone groups is 1. The average Bonchev–Trinajstić information content (AvgIpc) is 3.58. The summed E-state index contributed by atoms with van der Waals surface area (Å²) in [6.45, 7) is 3.83. The number of anilines is 3. The Labute approximate surface area is 240 Å². The Hall–Kier alpha value is -3.23. The number of aromatic nitrogens is 2. The summed E-state index contributed by atoms with van der Waals surface area (Å²) in [7, 11) is 1.73. The lowest BCUT2D eigenvalue weighted by molar-refractivity contribution is -0.137. The summed E-state index contributed by atoms with van der Waals surface area (Å²) in [5.74, 6) is -0.940. The van der Waals surface area contributed by atoms with Gasteiger partial charge in [0.25, 0.3) is 5.91 Å². The van der Waals surface area contributed by atoms with Gasteiger partial charge in [0.1, 0.15) is 10.4 Å². The fraction of sp³-hybridized carbons (Fsp3) is 0.444. The van der Waals surface area contributed by atoms with Crippen molar-refractivity contribution in [1.82, 2.24) is 19.8 Å². The maximum atomic E-state index is 14.0. The maximum Gasteiger partial charge on any atom is 0.420 e. The predicted molar refractivity (Wildman–Crippen MR) is 153 cm³/mol. The molecule has 1 fully saturated rings. The predicted octanol–water partition coefficient (Wildman–Crippen LogP) is 4.53. The summed E-state index contributed by atoms with van der Waals surface area (Å²) in [6.07, 6.45) is -2.39. The summed E-state index contributed by atoms with van der Waals surface area (Å²) in [5, 5.41) is 3.06. The van der Waals surface area contributed by atoms with Crippen molar-refractivity contribution in [3.8, 4) is 10.6 Å². The zero-order chi connectivity index (χ0) is 29.7. The van der Waals surface area contributed by atoms with Crippen LogP contribution in [0.25, 0.3) is 10.6 Å². The second-order valence-electron chi connectivity index (χ2n) is 10.5. The van der Waals surface area contributed by atoms with Crippen LogP contribution >= 0.6 is 11.3 Å². The topological polar surface area (TPSA) is 98.7 Å². The van der Waals surface area contributed by atoms with Crippen LogP contribution in [0.15, 0.2) is 35.4 Å². The van der Waals surface area contributed by atoms with E-state index in [4.69, 9.17) is 0 Å². The van der Waals surface area contributed by atoms with Gasteiger partial charge in [0.05, 0.1) is 21.2 Å². The number of rotatable bonds is 6. The molecule has 9 nitrogen and oxygen atoms in total. The van der Waals surface area contributed by atoms with Crippen molar-refractivity contribution in [1.29, 1.82) is 0 Å². The Morgan fingerprint density at radius 3 is 2.61 bits per heavy atom. The van der Waals surface area contributed by atoms with Gasteiger partial charge in [-0.3, -0.25) is 4.79 Å². The average molecular weight is 609 g/mol. The van der Waals surface area contributed by atoms with Crippen LogP contribution in [-0.4, -0.2) is 86.7 Å². The molecule has 1 amide bonds. The van der Waals surface area contributed by atoms with Crippen LogP contribution in [-0.2, 0) is 22.4 Å². The highest BCUT2D eigenvalue weighted by Crippen LogP contribution is 2.42. The lowest BCUT2D eigenvalue weighted by Gasteiger charge is -2.23. The van der Waals surface area contributed by atoms with Crippen LogP contribution in [0, 0.1) is 0 Å². The van der Waals surface area contributed by atoms with E-state index in [9.17, 15) is 26.4 Å². The Morgan fingerprint density at radius 2 is 1.95 bits per heavy atom. The van der Waals surface area contributed by atoms with E-state index in [2.05, 4.69) is 45.2 Å². The summed E-state index contributed by atoms with van der Waals surface area (Å²) in [5.41, 5.74) is 1.07. The Balaban J connectivity index is 1.51. The molecule has 0 aliphatic carbocycles. The molecular weight excluding hydrogens is 577 g/mol. The number of alkyl halides is 3. The molecule has 3 aromatic rings. The Bertz CT molecular complexity index is 1590. The van der Waals surface area contributed by atoms with Crippen molar-refractivity contribution in [2.24, 2.45) is 0 Å². The number of halogens is 3. The van der Waals surface area contributed by atoms with E-state index in [1.54, 1.807) is 0 Å². The highest BCUT2D eigenvalue weighted by atomic mass is 32.2. The summed E-state index contributed by atoms with van der Waals surface area (Å²) >= 11 is 0.690. The summed E-state index contributed by atoms with van der Waals surface area (Å²) < 4.78 is 67.7. The third-order valence-electron chi connectivity index (χ3n) is 7.57. The molecule has 0 unspecified atom stereocenters. The first-order chi connectivity index (χ1) is 19.3.